The van der Waals surface area contributed by atoms with Gasteiger partial charge in [-0.05, 0) is 37.6 Å². The Morgan fingerprint density at radius 2 is 1.91 bits per heavy atom. The predicted octanol–water partition coefficient (Wildman–Crippen LogP) is 1.35. The second-order valence-corrected chi connectivity index (χ2v) is 6.79. The van der Waals surface area contributed by atoms with Gasteiger partial charge in [0.1, 0.15) is 5.76 Å². The van der Waals surface area contributed by atoms with Crippen molar-refractivity contribution in [3.8, 4) is 0 Å². The van der Waals surface area contributed by atoms with Crippen LogP contribution in [0.2, 0.25) is 0 Å². The Bertz CT molecular complexity index is 679. The van der Waals surface area contributed by atoms with Crippen molar-refractivity contribution in [3.05, 3.63) is 54.0 Å². The van der Waals surface area contributed by atoms with E-state index < -0.39 is 28.8 Å². The van der Waals surface area contributed by atoms with E-state index in [0.717, 1.165) is 5.56 Å². The lowest BCUT2D eigenvalue weighted by Crippen LogP contribution is -2.31. The van der Waals surface area contributed by atoms with Gasteiger partial charge in [-0.25, -0.2) is 13.1 Å². The highest BCUT2D eigenvalue weighted by atomic mass is 32.2. The summed E-state index contributed by atoms with van der Waals surface area (Å²) < 4.78 is 32.6. The lowest BCUT2D eigenvalue weighted by molar-refractivity contribution is 0.0791. The number of aryl methyl sites for hydroxylation is 1. The zero-order valence-electron chi connectivity index (χ0n) is 12.1. The van der Waals surface area contributed by atoms with Crippen LogP contribution in [0.15, 0.2) is 52.0 Å². The largest absolute Gasteiger partial charge is 0.468 e. The minimum Gasteiger partial charge on any atom is -0.468 e. The summed E-state index contributed by atoms with van der Waals surface area (Å²) in [6.45, 7) is 1.41. The van der Waals surface area contributed by atoms with Gasteiger partial charge in [-0.2, -0.15) is 0 Å². The summed E-state index contributed by atoms with van der Waals surface area (Å²) in [5.74, 6) is 0.378. The fourth-order valence-electron chi connectivity index (χ4n) is 2.03. The molecule has 2 aromatic rings. The van der Waals surface area contributed by atoms with Crippen LogP contribution in [0, 0.1) is 6.92 Å². The van der Waals surface area contributed by atoms with Gasteiger partial charge in [0.25, 0.3) is 0 Å². The topological polar surface area (TPSA) is 99.8 Å². The van der Waals surface area contributed by atoms with Crippen molar-refractivity contribution in [1.29, 1.82) is 0 Å². The Hall–Kier alpha value is -1.67. The second kappa shape index (κ2) is 7.06. The van der Waals surface area contributed by atoms with E-state index in [9.17, 15) is 13.5 Å². The van der Waals surface area contributed by atoms with Crippen LogP contribution in [0.1, 0.15) is 23.8 Å². The molecule has 1 aromatic carbocycles. The molecule has 0 aliphatic carbocycles. The highest BCUT2D eigenvalue weighted by Gasteiger charge is 2.25. The lowest BCUT2D eigenvalue weighted by Gasteiger charge is -2.19. The van der Waals surface area contributed by atoms with Crippen molar-refractivity contribution in [2.45, 2.75) is 30.4 Å². The molecule has 0 aliphatic rings. The van der Waals surface area contributed by atoms with Crippen LogP contribution in [0.3, 0.4) is 0 Å². The van der Waals surface area contributed by atoms with Gasteiger partial charge in [0.15, 0.2) is 0 Å². The van der Waals surface area contributed by atoms with Gasteiger partial charge in [0.2, 0.25) is 10.0 Å². The van der Waals surface area contributed by atoms with Crippen molar-refractivity contribution in [3.63, 3.8) is 0 Å². The van der Waals surface area contributed by atoms with Crippen molar-refractivity contribution < 1.29 is 23.0 Å². The third-order valence-corrected chi connectivity index (χ3v) is 4.72. The average molecular weight is 325 g/mol. The highest BCUT2D eigenvalue weighted by Crippen LogP contribution is 2.22. The molecule has 7 heteroatoms. The van der Waals surface area contributed by atoms with E-state index in [0.29, 0.717) is 5.76 Å². The zero-order chi connectivity index (χ0) is 16.2. The molecule has 0 fully saturated rings. The number of hydrogen-bond acceptors (Lipinski definition) is 5. The molecular weight excluding hydrogens is 306 g/mol. The van der Waals surface area contributed by atoms with E-state index >= 15 is 0 Å². The van der Waals surface area contributed by atoms with E-state index in [1.165, 1.54) is 18.4 Å². The number of benzene rings is 1. The van der Waals surface area contributed by atoms with Crippen LogP contribution in [0.25, 0.3) is 0 Å². The van der Waals surface area contributed by atoms with Gasteiger partial charge in [-0.3, -0.25) is 0 Å². The highest BCUT2D eigenvalue weighted by molar-refractivity contribution is 7.89. The number of nitrogens with one attached hydrogen (secondary N) is 1. The van der Waals surface area contributed by atoms with Crippen LogP contribution in [-0.4, -0.2) is 31.3 Å². The molecule has 1 aromatic heterocycles. The molecule has 0 unspecified atom stereocenters. The summed E-state index contributed by atoms with van der Waals surface area (Å²) >= 11 is 0. The Kier molecular flexibility index (Phi) is 5.36. The van der Waals surface area contributed by atoms with Crippen LogP contribution < -0.4 is 4.72 Å². The maximum Gasteiger partial charge on any atom is 0.241 e. The first-order chi connectivity index (χ1) is 10.4. The molecule has 1 heterocycles. The van der Waals surface area contributed by atoms with Gasteiger partial charge in [0, 0.05) is 0 Å². The molecule has 0 radical (unpaired) electrons. The van der Waals surface area contributed by atoms with Crippen molar-refractivity contribution in [2.24, 2.45) is 0 Å². The Morgan fingerprint density at radius 3 is 2.45 bits per heavy atom. The van der Waals surface area contributed by atoms with Crippen molar-refractivity contribution in [2.75, 3.05) is 6.61 Å². The van der Waals surface area contributed by atoms with Gasteiger partial charge in [-0.1, -0.05) is 17.7 Å². The minimum atomic E-state index is -3.76. The zero-order valence-corrected chi connectivity index (χ0v) is 13.0. The number of sulfonamides is 1. The lowest BCUT2D eigenvalue weighted by atomic mass is 10.1. The molecule has 0 bridgehead atoms. The SMILES string of the molecule is Cc1ccc(S(=O)(=O)N[C@H](C[C@@H](O)CO)c2ccco2)cc1. The summed E-state index contributed by atoms with van der Waals surface area (Å²) in [7, 11) is -3.76. The maximum absolute atomic E-state index is 12.4. The number of aliphatic hydroxyl groups is 2. The molecular formula is C15H19NO5S. The van der Waals surface area contributed by atoms with E-state index in [4.69, 9.17) is 9.52 Å². The van der Waals surface area contributed by atoms with E-state index in [1.54, 1.807) is 24.3 Å². The Labute approximate surface area is 129 Å². The third-order valence-electron chi connectivity index (χ3n) is 3.23. The van der Waals surface area contributed by atoms with Crippen LogP contribution in [-0.2, 0) is 10.0 Å². The fourth-order valence-corrected chi connectivity index (χ4v) is 3.25. The molecule has 0 aliphatic heterocycles. The molecule has 6 nitrogen and oxygen atoms in total. The molecule has 120 valence electrons. The normalized spacial score (nSPS) is 14.7. The minimum absolute atomic E-state index is 0.00903. The Balaban J connectivity index is 2.23. The third kappa shape index (κ3) is 4.17. The van der Waals surface area contributed by atoms with Crippen LogP contribution in [0.4, 0.5) is 0 Å². The molecule has 0 amide bonds. The monoisotopic (exact) mass is 325 g/mol. The van der Waals surface area contributed by atoms with Gasteiger partial charge >= 0.3 is 0 Å². The first-order valence-corrected chi connectivity index (χ1v) is 8.32. The van der Waals surface area contributed by atoms with Gasteiger partial charge < -0.3 is 14.6 Å². The van der Waals surface area contributed by atoms with E-state index in [1.807, 2.05) is 6.92 Å². The van der Waals surface area contributed by atoms with Crippen LogP contribution in [0.5, 0.6) is 0 Å². The molecule has 2 rings (SSSR count). The van der Waals surface area contributed by atoms with E-state index in [-0.39, 0.29) is 11.3 Å². The number of rotatable bonds is 7. The standard InChI is InChI=1S/C15H19NO5S/c1-11-4-6-13(7-5-11)22(19,20)16-14(9-12(18)10-17)15-3-2-8-21-15/h2-8,12,14,16-18H,9-10H2,1H3/t12-,14-/m1/s1. The molecule has 0 saturated carbocycles. The first kappa shape index (κ1) is 16.7. The first-order valence-electron chi connectivity index (χ1n) is 6.83. The summed E-state index contributed by atoms with van der Waals surface area (Å²) in [6.07, 6.45) is 0.388. The fraction of sp³-hybridized carbons (Fsp3) is 0.333. The summed E-state index contributed by atoms with van der Waals surface area (Å²) in [6, 6.07) is 8.93. The predicted molar refractivity (Wildman–Crippen MR) is 80.7 cm³/mol. The molecule has 3 N–H and O–H groups in total. The van der Waals surface area contributed by atoms with Crippen LogP contribution >= 0.6 is 0 Å². The summed E-state index contributed by atoms with van der Waals surface area (Å²) in [4.78, 5) is 0.133. The van der Waals surface area contributed by atoms with Gasteiger partial charge in [-0.15, -0.1) is 0 Å². The molecule has 22 heavy (non-hydrogen) atoms. The molecule has 0 saturated heterocycles. The quantitative estimate of drug-likeness (QED) is 0.713. The van der Waals surface area contributed by atoms with Crippen molar-refractivity contribution in [1.82, 2.24) is 4.72 Å². The second-order valence-electron chi connectivity index (χ2n) is 5.07. The number of hydrogen-bond donors (Lipinski definition) is 3. The number of furan rings is 1. The average Bonchev–Trinajstić information content (AvgIpc) is 3.01. The van der Waals surface area contributed by atoms with Crippen molar-refractivity contribution >= 4 is 10.0 Å². The molecule has 0 spiro atoms. The summed E-state index contributed by atoms with van der Waals surface area (Å²) in [5, 5.41) is 18.6. The van der Waals surface area contributed by atoms with Gasteiger partial charge in [0.05, 0.1) is 29.9 Å². The molecule has 2 atom stereocenters. The number of aliphatic hydroxyl groups excluding tert-OH is 2. The smallest absolute Gasteiger partial charge is 0.241 e. The van der Waals surface area contributed by atoms with E-state index in [2.05, 4.69) is 4.72 Å². The summed E-state index contributed by atoms with van der Waals surface area (Å²) in [5.41, 5.74) is 0.956. The Morgan fingerprint density at radius 1 is 1.23 bits per heavy atom. The maximum atomic E-state index is 12.4.